The van der Waals surface area contributed by atoms with Crippen LogP contribution in [0, 0.1) is 13.8 Å². The van der Waals surface area contributed by atoms with Crippen LogP contribution in [0.15, 0.2) is 12.1 Å². The summed E-state index contributed by atoms with van der Waals surface area (Å²) in [5.74, 6) is 0.884. The molecular formula is C19H26N2O4. The Kier molecular flexibility index (Phi) is 5.27. The molecule has 2 fully saturated rings. The summed E-state index contributed by atoms with van der Waals surface area (Å²) in [6.45, 7) is 6.78. The van der Waals surface area contributed by atoms with Crippen molar-refractivity contribution < 1.29 is 19.1 Å². The minimum absolute atomic E-state index is 0.0208. The third kappa shape index (κ3) is 3.63. The molecule has 6 nitrogen and oxygen atoms in total. The van der Waals surface area contributed by atoms with Crippen molar-refractivity contribution in [2.24, 2.45) is 0 Å². The highest BCUT2D eigenvalue weighted by Gasteiger charge is 2.31. The van der Waals surface area contributed by atoms with Gasteiger partial charge in [0.1, 0.15) is 11.9 Å². The Morgan fingerprint density at radius 2 is 1.76 bits per heavy atom. The fourth-order valence-corrected chi connectivity index (χ4v) is 3.52. The zero-order valence-corrected chi connectivity index (χ0v) is 15.2. The second-order valence-corrected chi connectivity index (χ2v) is 6.76. The van der Waals surface area contributed by atoms with E-state index in [2.05, 4.69) is 0 Å². The van der Waals surface area contributed by atoms with E-state index >= 15 is 0 Å². The molecule has 1 unspecified atom stereocenters. The van der Waals surface area contributed by atoms with Gasteiger partial charge in [0, 0.05) is 38.3 Å². The van der Waals surface area contributed by atoms with Gasteiger partial charge in [0.05, 0.1) is 7.11 Å². The van der Waals surface area contributed by atoms with Crippen LogP contribution in [0.1, 0.15) is 34.3 Å². The summed E-state index contributed by atoms with van der Waals surface area (Å²) in [4.78, 5) is 28.9. The van der Waals surface area contributed by atoms with Gasteiger partial charge in [0.2, 0.25) is 0 Å². The first-order valence-electron chi connectivity index (χ1n) is 8.86. The number of hydrogen-bond donors (Lipinski definition) is 0. The fourth-order valence-electron chi connectivity index (χ4n) is 3.52. The molecule has 1 aromatic rings. The number of carbonyl (C=O) groups excluding carboxylic acids is 2. The van der Waals surface area contributed by atoms with Crippen molar-refractivity contribution >= 4 is 11.8 Å². The molecule has 2 heterocycles. The molecule has 2 saturated heterocycles. The van der Waals surface area contributed by atoms with Gasteiger partial charge in [-0.05, 0) is 49.9 Å². The van der Waals surface area contributed by atoms with E-state index in [1.54, 1.807) is 7.11 Å². The lowest BCUT2D eigenvalue weighted by atomic mass is 10.0. The molecular weight excluding hydrogens is 320 g/mol. The summed E-state index contributed by atoms with van der Waals surface area (Å²) in [5, 5.41) is 0. The first-order chi connectivity index (χ1) is 12.0. The van der Waals surface area contributed by atoms with Crippen LogP contribution in [0.4, 0.5) is 0 Å². The molecule has 2 aliphatic heterocycles. The van der Waals surface area contributed by atoms with E-state index in [-0.39, 0.29) is 17.9 Å². The summed E-state index contributed by atoms with van der Waals surface area (Å²) in [6, 6.07) is 3.79. The second kappa shape index (κ2) is 7.44. The smallest absolute Gasteiger partial charge is 0.254 e. The summed E-state index contributed by atoms with van der Waals surface area (Å²) >= 11 is 0. The van der Waals surface area contributed by atoms with Gasteiger partial charge in [-0.25, -0.2) is 0 Å². The molecule has 0 spiro atoms. The fraction of sp³-hybridized carbons (Fsp3) is 0.579. The van der Waals surface area contributed by atoms with Crippen molar-refractivity contribution in [3.05, 3.63) is 28.8 Å². The third-order valence-electron chi connectivity index (χ3n) is 5.06. The van der Waals surface area contributed by atoms with E-state index in [0.717, 1.165) is 29.7 Å². The molecule has 6 heteroatoms. The third-order valence-corrected chi connectivity index (χ3v) is 5.06. The maximum Gasteiger partial charge on any atom is 0.254 e. The SMILES string of the molecule is COc1cc(C)c(C(=O)N2CCN(C(=O)C3CCCO3)CC2)cc1C. The van der Waals surface area contributed by atoms with Crippen LogP contribution in [0.3, 0.4) is 0 Å². The first kappa shape index (κ1) is 17.7. The predicted octanol–water partition coefficient (Wildman–Crippen LogP) is 1.78. The highest BCUT2D eigenvalue weighted by molar-refractivity contribution is 5.96. The highest BCUT2D eigenvalue weighted by atomic mass is 16.5. The predicted molar refractivity (Wildman–Crippen MR) is 93.9 cm³/mol. The van der Waals surface area contributed by atoms with E-state index < -0.39 is 0 Å². The van der Waals surface area contributed by atoms with Crippen molar-refractivity contribution in [2.45, 2.75) is 32.8 Å². The Hall–Kier alpha value is -2.08. The molecule has 0 aromatic heterocycles. The van der Waals surface area contributed by atoms with Crippen molar-refractivity contribution in [2.75, 3.05) is 39.9 Å². The second-order valence-electron chi connectivity index (χ2n) is 6.76. The number of methoxy groups -OCH3 is 1. The van der Waals surface area contributed by atoms with Crippen molar-refractivity contribution in [3.8, 4) is 5.75 Å². The summed E-state index contributed by atoms with van der Waals surface area (Å²) in [7, 11) is 1.63. The van der Waals surface area contributed by atoms with Crippen LogP contribution in [0.25, 0.3) is 0 Å². The van der Waals surface area contributed by atoms with E-state index in [4.69, 9.17) is 9.47 Å². The molecule has 2 aliphatic rings. The van der Waals surface area contributed by atoms with Crippen LogP contribution in [-0.4, -0.2) is 67.6 Å². The number of benzene rings is 1. The number of rotatable bonds is 3. The quantitative estimate of drug-likeness (QED) is 0.837. The molecule has 0 aliphatic carbocycles. The molecule has 25 heavy (non-hydrogen) atoms. The van der Waals surface area contributed by atoms with Gasteiger partial charge >= 0.3 is 0 Å². The van der Waals surface area contributed by atoms with Gasteiger partial charge < -0.3 is 19.3 Å². The summed E-state index contributed by atoms with van der Waals surface area (Å²) in [5.41, 5.74) is 2.56. The zero-order valence-electron chi connectivity index (χ0n) is 15.2. The lowest BCUT2D eigenvalue weighted by Crippen LogP contribution is -2.52. The number of piperazine rings is 1. The molecule has 0 radical (unpaired) electrons. The van der Waals surface area contributed by atoms with Crippen molar-refractivity contribution in [1.82, 2.24) is 9.80 Å². The zero-order chi connectivity index (χ0) is 18.0. The molecule has 136 valence electrons. The number of ether oxygens (including phenoxy) is 2. The van der Waals surface area contributed by atoms with Crippen molar-refractivity contribution in [1.29, 1.82) is 0 Å². The largest absolute Gasteiger partial charge is 0.496 e. The topological polar surface area (TPSA) is 59.1 Å². The Balaban J connectivity index is 1.63. The van der Waals surface area contributed by atoms with Gasteiger partial charge in [-0.2, -0.15) is 0 Å². The molecule has 0 N–H and O–H groups in total. The van der Waals surface area contributed by atoms with E-state index in [1.165, 1.54) is 0 Å². The van der Waals surface area contributed by atoms with Crippen LogP contribution < -0.4 is 4.74 Å². The summed E-state index contributed by atoms with van der Waals surface area (Å²) in [6.07, 6.45) is 1.47. The average Bonchev–Trinajstić information content (AvgIpc) is 3.17. The average molecular weight is 346 g/mol. The molecule has 1 aromatic carbocycles. The maximum absolute atomic E-state index is 12.9. The highest BCUT2D eigenvalue weighted by Crippen LogP contribution is 2.24. The van der Waals surface area contributed by atoms with Gasteiger partial charge in [-0.3, -0.25) is 9.59 Å². The number of carbonyl (C=O) groups is 2. The lowest BCUT2D eigenvalue weighted by molar-refractivity contribution is -0.142. The first-order valence-corrected chi connectivity index (χ1v) is 8.86. The Bertz CT molecular complexity index is 660. The number of amides is 2. The minimum Gasteiger partial charge on any atom is -0.496 e. The summed E-state index contributed by atoms with van der Waals surface area (Å²) < 4.78 is 10.8. The maximum atomic E-state index is 12.9. The Labute approximate surface area is 148 Å². The molecule has 1 atom stereocenters. The number of nitrogens with zero attached hydrogens (tertiary/aromatic N) is 2. The minimum atomic E-state index is -0.284. The lowest BCUT2D eigenvalue weighted by Gasteiger charge is -2.36. The van der Waals surface area contributed by atoms with Crippen LogP contribution in [0.2, 0.25) is 0 Å². The van der Waals surface area contributed by atoms with E-state index in [9.17, 15) is 9.59 Å². The van der Waals surface area contributed by atoms with Gasteiger partial charge in [0.15, 0.2) is 0 Å². The van der Waals surface area contributed by atoms with Crippen molar-refractivity contribution in [3.63, 3.8) is 0 Å². The molecule has 2 amide bonds. The standard InChI is InChI=1S/C19H26N2O4/c1-13-12-17(24-3)14(2)11-15(13)18(22)20-6-8-21(9-7-20)19(23)16-5-4-10-25-16/h11-12,16H,4-10H2,1-3H3. The van der Waals surface area contributed by atoms with Crippen LogP contribution in [-0.2, 0) is 9.53 Å². The monoisotopic (exact) mass is 346 g/mol. The number of hydrogen-bond acceptors (Lipinski definition) is 4. The van der Waals surface area contributed by atoms with Gasteiger partial charge in [0.25, 0.3) is 11.8 Å². The van der Waals surface area contributed by atoms with Gasteiger partial charge in [-0.15, -0.1) is 0 Å². The van der Waals surface area contributed by atoms with E-state index in [0.29, 0.717) is 38.3 Å². The molecule has 0 bridgehead atoms. The van der Waals surface area contributed by atoms with E-state index in [1.807, 2.05) is 35.8 Å². The normalized spacial score (nSPS) is 20.7. The van der Waals surface area contributed by atoms with Crippen LogP contribution in [0.5, 0.6) is 5.75 Å². The van der Waals surface area contributed by atoms with Gasteiger partial charge in [-0.1, -0.05) is 0 Å². The molecule has 3 rings (SSSR count). The number of aryl methyl sites for hydroxylation is 2. The molecule has 0 saturated carbocycles. The Morgan fingerprint density at radius 3 is 2.36 bits per heavy atom. The van der Waals surface area contributed by atoms with Crippen LogP contribution >= 0.6 is 0 Å². The Morgan fingerprint density at radius 1 is 1.08 bits per heavy atom.